The molecule has 80 valence electrons. The predicted octanol–water partition coefficient (Wildman–Crippen LogP) is 0.657. The maximum absolute atomic E-state index is 11.8. The quantitative estimate of drug-likeness (QED) is 0.759. The van der Waals surface area contributed by atoms with Gasteiger partial charge in [-0.15, -0.1) is 0 Å². The highest BCUT2D eigenvalue weighted by Crippen LogP contribution is 2.30. The minimum absolute atomic E-state index is 0.111. The van der Waals surface area contributed by atoms with Crippen molar-refractivity contribution in [2.75, 3.05) is 5.73 Å². The van der Waals surface area contributed by atoms with Crippen molar-refractivity contribution in [2.24, 2.45) is 5.73 Å². The molecule has 4 nitrogen and oxygen atoms in total. The lowest BCUT2D eigenvalue weighted by molar-refractivity contribution is -0.126. The number of nitrogen functional groups attached to an aromatic ring is 1. The zero-order chi connectivity index (χ0) is 10.9. The summed E-state index contributed by atoms with van der Waals surface area (Å²) in [5.74, 6) is 0.555. The zero-order valence-corrected chi connectivity index (χ0v) is 8.57. The number of aromatic nitrogens is 1. The Morgan fingerprint density at radius 1 is 1.53 bits per heavy atom. The number of Topliss-reactive ketones (excluding diaryl/α,β-unsaturated/α-hetero) is 1. The summed E-state index contributed by atoms with van der Waals surface area (Å²) in [6.45, 7) is 0. The van der Waals surface area contributed by atoms with E-state index in [9.17, 15) is 4.79 Å². The smallest absolute Gasteiger partial charge is 0.156 e. The van der Waals surface area contributed by atoms with Crippen LogP contribution in [0.25, 0.3) is 0 Å². The Hall–Kier alpha value is -1.42. The summed E-state index contributed by atoms with van der Waals surface area (Å²) in [4.78, 5) is 15.7. The van der Waals surface area contributed by atoms with Crippen molar-refractivity contribution < 1.29 is 4.79 Å². The van der Waals surface area contributed by atoms with Crippen LogP contribution in [0.2, 0.25) is 0 Å². The topological polar surface area (TPSA) is 82.0 Å². The minimum atomic E-state index is -0.571. The molecule has 0 amide bonds. The fourth-order valence-corrected chi connectivity index (χ4v) is 1.80. The van der Waals surface area contributed by atoms with E-state index in [0.29, 0.717) is 12.2 Å². The average Bonchev–Trinajstić information content (AvgIpc) is 2.14. The first-order valence-electron chi connectivity index (χ1n) is 5.13. The second-order valence-corrected chi connectivity index (χ2v) is 4.20. The molecule has 4 heteroatoms. The van der Waals surface area contributed by atoms with E-state index < -0.39 is 5.54 Å². The van der Waals surface area contributed by atoms with E-state index in [1.54, 1.807) is 18.3 Å². The van der Waals surface area contributed by atoms with E-state index in [2.05, 4.69) is 4.98 Å². The number of anilines is 1. The van der Waals surface area contributed by atoms with E-state index in [4.69, 9.17) is 11.5 Å². The van der Waals surface area contributed by atoms with Gasteiger partial charge in [0.1, 0.15) is 5.82 Å². The maximum atomic E-state index is 11.8. The molecule has 1 aromatic rings. The fraction of sp³-hybridized carbons (Fsp3) is 0.455. The second kappa shape index (κ2) is 3.62. The Kier molecular flexibility index (Phi) is 2.44. The average molecular weight is 205 g/mol. The summed E-state index contributed by atoms with van der Waals surface area (Å²) in [7, 11) is 0. The third-order valence-corrected chi connectivity index (χ3v) is 3.01. The molecule has 0 radical (unpaired) electrons. The monoisotopic (exact) mass is 205 g/mol. The van der Waals surface area contributed by atoms with E-state index in [1.807, 2.05) is 0 Å². The molecule has 1 heterocycles. The lowest BCUT2D eigenvalue weighted by Gasteiger charge is -2.36. The Labute approximate surface area is 88.7 Å². The molecule has 1 aromatic heterocycles. The van der Waals surface area contributed by atoms with Crippen LogP contribution in [0.5, 0.6) is 0 Å². The molecule has 0 saturated heterocycles. The number of nitrogens with two attached hydrogens (primary N) is 2. The standard InChI is InChI=1S/C11H15N3O/c12-10-7-8(2-5-14-10)6-9(15)11(13)3-1-4-11/h2,5,7H,1,3-4,6,13H2,(H2,12,14). The maximum Gasteiger partial charge on any atom is 0.156 e. The van der Waals surface area contributed by atoms with E-state index in [1.165, 1.54) is 0 Å². The molecule has 0 aliphatic heterocycles. The lowest BCUT2D eigenvalue weighted by atomic mass is 9.73. The van der Waals surface area contributed by atoms with Crippen molar-refractivity contribution in [3.8, 4) is 0 Å². The molecular weight excluding hydrogens is 190 g/mol. The van der Waals surface area contributed by atoms with Gasteiger partial charge in [0.2, 0.25) is 0 Å². The van der Waals surface area contributed by atoms with Crippen molar-refractivity contribution in [1.29, 1.82) is 0 Å². The van der Waals surface area contributed by atoms with Gasteiger partial charge in [0.15, 0.2) is 5.78 Å². The number of hydrogen-bond donors (Lipinski definition) is 2. The van der Waals surface area contributed by atoms with Gasteiger partial charge in [0.25, 0.3) is 0 Å². The molecule has 0 atom stereocenters. The highest BCUT2D eigenvalue weighted by atomic mass is 16.1. The third-order valence-electron chi connectivity index (χ3n) is 3.01. The highest BCUT2D eigenvalue weighted by Gasteiger charge is 2.39. The molecular formula is C11H15N3O. The summed E-state index contributed by atoms with van der Waals surface area (Å²) in [5, 5.41) is 0. The first kappa shape index (κ1) is 10.1. The molecule has 1 aliphatic rings. The summed E-state index contributed by atoms with van der Waals surface area (Å²) < 4.78 is 0. The lowest BCUT2D eigenvalue weighted by Crippen LogP contribution is -2.54. The highest BCUT2D eigenvalue weighted by molar-refractivity contribution is 5.90. The van der Waals surface area contributed by atoms with Crippen LogP contribution in [-0.4, -0.2) is 16.3 Å². The Bertz CT molecular complexity index is 385. The van der Waals surface area contributed by atoms with Gasteiger partial charge in [-0.05, 0) is 37.0 Å². The van der Waals surface area contributed by atoms with Gasteiger partial charge < -0.3 is 11.5 Å². The van der Waals surface area contributed by atoms with Crippen LogP contribution in [0, 0.1) is 0 Å². The number of rotatable bonds is 3. The zero-order valence-electron chi connectivity index (χ0n) is 8.57. The number of ketones is 1. The number of nitrogens with zero attached hydrogens (tertiary/aromatic N) is 1. The summed E-state index contributed by atoms with van der Waals surface area (Å²) >= 11 is 0. The first-order chi connectivity index (χ1) is 7.10. The Morgan fingerprint density at radius 3 is 2.80 bits per heavy atom. The molecule has 1 aliphatic carbocycles. The molecule has 15 heavy (non-hydrogen) atoms. The van der Waals surface area contributed by atoms with Gasteiger partial charge in [0.05, 0.1) is 5.54 Å². The number of carbonyl (C=O) groups excluding carboxylic acids is 1. The Balaban J connectivity index is 2.06. The van der Waals surface area contributed by atoms with Crippen LogP contribution >= 0.6 is 0 Å². The van der Waals surface area contributed by atoms with Crippen LogP contribution in [0.4, 0.5) is 5.82 Å². The molecule has 2 rings (SSSR count). The molecule has 0 aromatic carbocycles. The SMILES string of the molecule is Nc1cc(CC(=O)C2(N)CCC2)ccn1. The largest absolute Gasteiger partial charge is 0.384 e. The first-order valence-corrected chi connectivity index (χ1v) is 5.13. The van der Waals surface area contributed by atoms with Gasteiger partial charge in [0, 0.05) is 12.6 Å². The summed E-state index contributed by atoms with van der Waals surface area (Å²) in [6.07, 6.45) is 4.66. The van der Waals surface area contributed by atoms with Gasteiger partial charge in [-0.2, -0.15) is 0 Å². The van der Waals surface area contributed by atoms with Crippen LogP contribution in [-0.2, 0) is 11.2 Å². The second-order valence-electron chi connectivity index (χ2n) is 4.20. The summed E-state index contributed by atoms with van der Waals surface area (Å²) in [6, 6.07) is 3.52. The van der Waals surface area contributed by atoms with Gasteiger partial charge >= 0.3 is 0 Å². The minimum Gasteiger partial charge on any atom is -0.384 e. The van der Waals surface area contributed by atoms with Crippen molar-refractivity contribution in [1.82, 2.24) is 4.98 Å². The van der Waals surface area contributed by atoms with Crippen molar-refractivity contribution in [2.45, 2.75) is 31.2 Å². The molecule has 0 unspecified atom stereocenters. The molecule has 1 saturated carbocycles. The molecule has 4 N–H and O–H groups in total. The summed E-state index contributed by atoms with van der Waals surface area (Å²) in [5.41, 5.74) is 11.8. The number of pyridine rings is 1. The van der Waals surface area contributed by atoms with Gasteiger partial charge in [-0.25, -0.2) is 4.98 Å². The molecule has 0 bridgehead atoms. The number of hydrogen-bond acceptors (Lipinski definition) is 4. The fourth-order valence-electron chi connectivity index (χ4n) is 1.80. The molecule has 1 fully saturated rings. The van der Waals surface area contributed by atoms with Gasteiger partial charge in [-0.3, -0.25) is 4.79 Å². The third kappa shape index (κ3) is 1.99. The van der Waals surface area contributed by atoms with Crippen LogP contribution in [0.1, 0.15) is 24.8 Å². The van der Waals surface area contributed by atoms with Crippen molar-refractivity contribution in [3.05, 3.63) is 23.9 Å². The number of carbonyl (C=O) groups is 1. The van der Waals surface area contributed by atoms with Crippen molar-refractivity contribution in [3.63, 3.8) is 0 Å². The van der Waals surface area contributed by atoms with Crippen LogP contribution < -0.4 is 11.5 Å². The van der Waals surface area contributed by atoms with Crippen molar-refractivity contribution >= 4 is 11.6 Å². The predicted molar refractivity (Wildman–Crippen MR) is 58.1 cm³/mol. The van der Waals surface area contributed by atoms with E-state index >= 15 is 0 Å². The van der Waals surface area contributed by atoms with Gasteiger partial charge in [-0.1, -0.05) is 0 Å². The Morgan fingerprint density at radius 2 is 2.27 bits per heavy atom. The normalized spacial score (nSPS) is 18.2. The molecule has 0 spiro atoms. The van der Waals surface area contributed by atoms with Crippen LogP contribution in [0.3, 0.4) is 0 Å². The van der Waals surface area contributed by atoms with Crippen LogP contribution in [0.15, 0.2) is 18.3 Å². The van der Waals surface area contributed by atoms with E-state index in [-0.39, 0.29) is 5.78 Å². The van der Waals surface area contributed by atoms with E-state index in [0.717, 1.165) is 24.8 Å².